The van der Waals surface area contributed by atoms with E-state index in [0.29, 0.717) is 13.2 Å². The number of amides is 2. The van der Waals surface area contributed by atoms with Crippen molar-refractivity contribution in [2.75, 3.05) is 20.3 Å². The van der Waals surface area contributed by atoms with Crippen molar-refractivity contribution in [2.24, 2.45) is 0 Å². The Kier molecular flexibility index (Phi) is 3.10. The van der Waals surface area contributed by atoms with Gasteiger partial charge in [-0.2, -0.15) is 0 Å². The second-order valence-corrected chi connectivity index (χ2v) is 3.66. The summed E-state index contributed by atoms with van der Waals surface area (Å²) in [6, 6.07) is -0.198. The van der Waals surface area contributed by atoms with Gasteiger partial charge in [0.1, 0.15) is 11.4 Å². The van der Waals surface area contributed by atoms with Crippen LogP contribution in [0.25, 0.3) is 0 Å². The summed E-state index contributed by atoms with van der Waals surface area (Å²) in [6.07, 6.45) is 0.875. The van der Waals surface area contributed by atoms with Crippen molar-refractivity contribution < 1.29 is 9.53 Å². The maximum atomic E-state index is 11.5. The topological polar surface area (TPSA) is 65.4 Å². The monoisotopic (exact) mass is 199 g/mol. The highest BCUT2D eigenvalue weighted by atomic mass is 16.5. The number of nitrogens with one attached hydrogen (secondary N) is 2. The fourth-order valence-electron chi connectivity index (χ4n) is 1.67. The van der Waals surface area contributed by atoms with Crippen molar-refractivity contribution in [2.45, 2.75) is 25.8 Å². The van der Waals surface area contributed by atoms with Gasteiger partial charge in [0.2, 0.25) is 0 Å². The van der Waals surface area contributed by atoms with Crippen molar-refractivity contribution in [3.05, 3.63) is 0 Å². The highest BCUT2D eigenvalue weighted by Gasteiger charge is 2.45. The van der Waals surface area contributed by atoms with Crippen molar-refractivity contribution >= 4 is 11.9 Å². The van der Waals surface area contributed by atoms with Gasteiger partial charge in [-0.25, -0.2) is 4.79 Å². The lowest BCUT2D eigenvalue weighted by Crippen LogP contribution is -2.50. The minimum atomic E-state index is -0.623. The molecule has 1 saturated heterocycles. The van der Waals surface area contributed by atoms with E-state index in [2.05, 4.69) is 5.32 Å². The van der Waals surface area contributed by atoms with E-state index < -0.39 is 5.54 Å². The average Bonchev–Trinajstić information content (AvgIpc) is 2.31. The third-order valence-electron chi connectivity index (χ3n) is 2.48. The third kappa shape index (κ3) is 1.59. The molecule has 1 aliphatic rings. The Morgan fingerprint density at radius 2 is 2.29 bits per heavy atom. The summed E-state index contributed by atoms with van der Waals surface area (Å²) < 4.78 is 5.05. The first-order chi connectivity index (χ1) is 6.56. The lowest BCUT2D eigenvalue weighted by atomic mass is 10.0. The molecule has 14 heavy (non-hydrogen) atoms. The van der Waals surface area contributed by atoms with Gasteiger partial charge < -0.3 is 9.64 Å². The fraction of sp³-hybridized carbons (Fsp3) is 0.778. The number of amidine groups is 1. The number of urea groups is 1. The number of carbonyl (C=O) groups excluding carboxylic acids is 1. The van der Waals surface area contributed by atoms with Crippen LogP contribution >= 0.6 is 0 Å². The summed E-state index contributed by atoms with van der Waals surface area (Å²) in [5.41, 5.74) is -0.623. The van der Waals surface area contributed by atoms with E-state index in [9.17, 15) is 4.79 Å². The zero-order valence-corrected chi connectivity index (χ0v) is 8.89. The van der Waals surface area contributed by atoms with Crippen LogP contribution in [-0.2, 0) is 4.74 Å². The van der Waals surface area contributed by atoms with Crippen LogP contribution in [0.5, 0.6) is 0 Å². The van der Waals surface area contributed by atoms with Gasteiger partial charge in [0, 0.05) is 13.7 Å². The van der Waals surface area contributed by atoms with Crippen molar-refractivity contribution in [3.8, 4) is 0 Å². The zero-order valence-electron chi connectivity index (χ0n) is 8.89. The molecule has 2 amide bonds. The first kappa shape index (κ1) is 11.0. The van der Waals surface area contributed by atoms with E-state index in [4.69, 9.17) is 10.1 Å². The second kappa shape index (κ2) is 3.96. The Morgan fingerprint density at radius 3 is 2.79 bits per heavy atom. The van der Waals surface area contributed by atoms with Gasteiger partial charge in [-0.05, 0) is 13.3 Å². The molecular formula is C9H17N3O2. The molecule has 1 heterocycles. The largest absolute Gasteiger partial charge is 0.382 e. The number of nitrogens with zero attached hydrogens (tertiary/aromatic N) is 1. The molecule has 1 atom stereocenters. The molecule has 80 valence electrons. The van der Waals surface area contributed by atoms with Crippen LogP contribution in [0.2, 0.25) is 0 Å². The molecule has 5 nitrogen and oxygen atoms in total. The Labute approximate surface area is 83.9 Å². The molecule has 0 bridgehead atoms. The molecule has 0 aromatic carbocycles. The molecule has 5 heteroatoms. The molecule has 0 radical (unpaired) electrons. The molecule has 0 aliphatic carbocycles. The van der Waals surface area contributed by atoms with Gasteiger partial charge in [-0.1, -0.05) is 6.92 Å². The first-order valence-corrected chi connectivity index (χ1v) is 4.73. The Bertz CT molecular complexity index is 254. The smallest absolute Gasteiger partial charge is 0.323 e. The minimum Gasteiger partial charge on any atom is -0.382 e. The van der Waals surface area contributed by atoms with Gasteiger partial charge in [0.15, 0.2) is 0 Å². The maximum absolute atomic E-state index is 11.5. The standard InChI is InChI=1S/C9H17N3O2/c1-4-5-12-8(13)11-7(10)9(12,2)6-14-3/h4-6H2,1-3H3,(H2,10,11,13). The molecule has 0 aromatic heterocycles. The van der Waals surface area contributed by atoms with Crippen molar-refractivity contribution in [3.63, 3.8) is 0 Å². The van der Waals surface area contributed by atoms with Crippen molar-refractivity contribution in [1.29, 1.82) is 5.41 Å². The summed E-state index contributed by atoms with van der Waals surface area (Å²) in [5.74, 6) is 0.220. The van der Waals surface area contributed by atoms with Crippen LogP contribution < -0.4 is 5.32 Å². The van der Waals surface area contributed by atoms with E-state index in [1.54, 1.807) is 12.0 Å². The van der Waals surface area contributed by atoms with E-state index >= 15 is 0 Å². The normalized spacial score (nSPS) is 26.9. The number of methoxy groups -OCH3 is 1. The van der Waals surface area contributed by atoms with E-state index in [0.717, 1.165) is 6.42 Å². The number of rotatable bonds is 4. The minimum absolute atomic E-state index is 0.198. The Hall–Kier alpha value is -1.10. The quantitative estimate of drug-likeness (QED) is 0.703. The lowest BCUT2D eigenvalue weighted by molar-refractivity contribution is 0.0948. The second-order valence-electron chi connectivity index (χ2n) is 3.66. The lowest BCUT2D eigenvalue weighted by Gasteiger charge is -2.32. The van der Waals surface area contributed by atoms with Gasteiger partial charge >= 0.3 is 6.03 Å². The molecule has 2 N–H and O–H groups in total. The summed E-state index contributed by atoms with van der Waals surface area (Å²) in [6.45, 7) is 4.84. The van der Waals surface area contributed by atoms with Gasteiger partial charge in [0.05, 0.1) is 6.61 Å². The number of hydrogen-bond acceptors (Lipinski definition) is 3. The number of ether oxygens (including phenoxy) is 1. The van der Waals surface area contributed by atoms with Gasteiger partial charge in [-0.3, -0.25) is 10.7 Å². The predicted molar refractivity (Wildman–Crippen MR) is 53.5 cm³/mol. The van der Waals surface area contributed by atoms with Gasteiger partial charge in [0.25, 0.3) is 0 Å². The van der Waals surface area contributed by atoms with E-state index in [1.807, 2.05) is 13.8 Å². The number of hydrogen-bond donors (Lipinski definition) is 2. The first-order valence-electron chi connectivity index (χ1n) is 4.73. The average molecular weight is 199 g/mol. The molecule has 1 rings (SSSR count). The summed E-state index contributed by atoms with van der Waals surface area (Å²) in [7, 11) is 1.57. The highest BCUT2D eigenvalue weighted by molar-refractivity contribution is 6.08. The molecule has 1 aliphatic heterocycles. The van der Waals surface area contributed by atoms with E-state index in [1.165, 1.54) is 0 Å². The van der Waals surface area contributed by atoms with Crippen molar-refractivity contribution in [1.82, 2.24) is 10.2 Å². The van der Waals surface area contributed by atoms with Crippen LogP contribution in [-0.4, -0.2) is 42.6 Å². The maximum Gasteiger partial charge on any atom is 0.323 e. The highest BCUT2D eigenvalue weighted by Crippen LogP contribution is 2.22. The summed E-state index contributed by atoms with van der Waals surface area (Å²) >= 11 is 0. The zero-order chi connectivity index (χ0) is 10.8. The van der Waals surface area contributed by atoms with Crippen LogP contribution in [0.4, 0.5) is 4.79 Å². The molecular weight excluding hydrogens is 182 g/mol. The van der Waals surface area contributed by atoms with Crippen LogP contribution in [0.3, 0.4) is 0 Å². The third-order valence-corrected chi connectivity index (χ3v) is 2.48. The van der Waals surface area contributed by atoms with Crippen LogP contribution in [0, 0.1) is 5.41 Å². The molecule has 1 unspecified atom stereocenters. The number of carbonyl (C=O) groups is 1. The summed E-state index contributed by atoms with van der Waals surface area (Å²) in [4.78, 5) is 13.1. The Balaban J connectivity index is 2.87. The van der Waals surface area contributed by atoms with Crippen LogP contribution in [0.15, 0.2) is 0 Å². The molecule has 0 saturated carbocycles. The molecule has 1 fully saturated rings. The van der Waals surface area contributed by atoms with Gasteiger partial charge in [-0.15, -0.1) is 0 Å². The predicted octanol–water partition coefficient (Wildman–Crippen LogP) is 0.804. The Morgan fingerprint density at radius 1 is 1.64 bits per heavy atom. The summed E-state index contributed by atoms with van der Waals surface area (Å²) in [5, 5.41) is 10.2. The fourth-order valence-corrected chi connectivity index (χ4v) is 1.67. The molecule has 0 aromatic rings. The van der Waals surface area contributed by atoms with Crippen LogP contribution in [0.1, 0.15) is 20.3 Å². The molecule has 0 spiro atoms. The SMILES string of the molecule is CCCN1C(=O)NC(=N)C1(C)COC. The van der Waals surface area contributed by atoms with E-state index in [-0.39, 0.29) is 11.9 Å².